The van der Waals surface area contributed by atoms with E-state index in [-0.39, 0.29) is 5.75 Å². The number of rotatable bonds is 0. The third-order valence-electron chi connectivity index (χ3n) is 1.66. The van der Waals surface area contributed by atoms with Crippen molar-refractivity contribution in [3.8, 4) is 5.75 Å². The van der Waals surface area contributed by atoms with Crippen molar-refractivity contribution in [2.75, 3.05) is 6.54 Å². The van der Waals surface area contributed by atoms with Crippen LogP contribution in [0, 0.1) is 0 Å². The van der Waals surface area contributed by atoms with Gasteiger partial charge in [0.15, 0.2) is 0 Å². The molecule has 0 aliphatic carbocycles. The van der Waals surface area contributed by atoms with E-state index in [0.29, 0.717) is 6.54 Å². The van der Waals surface area contributed by atoms with Crippen molar-refractivity contribution in [2.45, 2.75) is 0 Å². The van der Waals surface area contributed by atoms with Crippen LogP contribution in [-0.4, -0.2) is 24.1 Å². The maximum Gasteiger partial charge on any atom is 0.117 e. The molecule has 3 nitrogen and oxygen atoms in total. The lowest BCUT2D eigenvalue weighted by molar-refractivity contribution is 0.475. The van der Waals surface area contributed by atoms with E-state index < -0.39 is 0 Å². The van der Waals surface area contributed by atoms with Crippen LogP contribution >= 0.6 is 0 Å². The summed E-state index contributed by atoms with van der Waals surface area (Å²) in [5.41, 5.74) is 1.72. The molecule has 0 saturated carbocycles. The lowest BCUT2D eigenvalue weighted by Crippen LogP contribution is -1.79. The molecule has 0 saturated heterocycles. The lowest BCUT2D eigenvalue weighted by Gasteiger charge is -1.98. The van der Waals surface area contributed by atoms with Gasteiger partial charge in [0, 0.05) is 24.1 Å². The molecular weight excluding hydrogens is 152 g/mol. The summed E-state index contributed by atoms with van der Waals surface area (Å²) in [6, 6.07) is 5.06. The average molecular weight is 160 g/mol. The van der Waals surface area contributed by atoms with E-state index in [9.17, 15) is 0 Å². The number of benzene rings is 1. The molecule has 2 rings (SSSR count). The molecule has 0 atom stereocenters. The Kier molecular flexibility index (Phi) is 1.63. The summed E-state index contributed by atoms with van der Waals surface area (Å²) in [4.78, 5) is 8.22. The maximum atomic E-state index is 9.16. The van der Waals surface area contributed by atoms with Crippen LogP contribution in [0.3, 0.4) is 0 Å². The Morgan fingerprint density at radius 3 is 3.17 bits per heavy atom. The predicted octanol–water partition coefficient (Wildman–Crippen LogP) is 1.53. The van der Waals surface area contributed by atoms with Gasteiger partial charge in [0.1, 0.15) is 5.75 Å². The molecule has 0 radical (unpaired) electrons. The second-order valence-corrected chi connectivity index (χ2v) is 2.55. The van der Waals surface area contributed by atoms with Gasteiger partial charge in [0.25, 0.3) is 0 Å². The Labute approximate surface area is 70.1 Å². The Balaban J connectivity index is 2.58. The fourth-order valence-corrected chi connectivity index (χ4v) is 1.09. The molecule has 1 aromatic rings. The highest BCUT2D eigenvalue weighted by atomic mass is 16.3. The summed E-state index contributed by atoms with van der Waals surface area (Å²) < 4.78 is 0. The minimum absolute atomic E-state index is 0.237. The standard InChI is InChI=1S/C9H8N2O/c12-8-2-1-7-6-10-3-4-11-9(7)5-8/h1-2,4-6,12H,3H2. The third kappa shape index (κ3) is 1.21. The fourth-order valence-electron chi connectivity index (χ4n) is 1.09. The van der Waals surface area contributed by atoms with Crippen molar-refractivity contribution in [3.63, 3.8) is 0 Å². The Morgan fingerprint density at radius 1 is 1.33 bits per heavy atom. The fraction of sp³-hybridized carbons (Fsp3) is 0.111. The molecule has 1 aliphatic rings. The highest BCUT2D eigenvalue weighted by Crippen LogP contribution is 2.23. The van der Waals surface area contributed by atoms with Crippen molar-refractivity contribution in [1.29, 1.82) is 0 Å². The van der Waals surface area contributed by atoms with Crippen molar-refractivity contribution in [1.82, 2.24) is 0 Å². The predicted molar refractivity (Wildman–Crippen MR) is 48.7 cm³/mol. The number of hydrogen-bond acceptors (Lipinski definition) is 3. The first-order valence-electron chi connectivity index (χ1n) is 3.71. The molecule has 12 heavy (non-hydrogen) atoms. The molecule has 0 bridgehead atoms. The number of fused-ring (bicyclic) bond motifs is 1. The second-order valence-electron chi connectivity index (χ2n) is 2.55. The first-order valence-corrected chi connectivity index (χ1v) is 3.71. The van der Waals surface area contributed by atoms with Crippen molar-refractivity contribution in [2.24, 2.45) is 9.98 Å². The molecule has 1 N–H and O–H groups in total. The molecular formula is C9H8N2O. The first kappa shape index (κ1) is 7.03. The second kappa shape index (κ2) is 2.77. The van der Waals surface area contributed by atoms with Gasteiger partial charge in [-0.15, -0.1) is 0 Å². The summed E-state index contributed by atoms with van der Waals surface area (Å²) in [6.45, 7) is 0.607. The molecule has 3 heteroatoms. The van der Waals surface area contributed by atoms with Gasteiger partial charge in [-0.05, 0) is 12.1 Å². The largest absolute Gasteiger partial charge is 0.508 e. The normalized spacial score (nSPS) is 14.0. The van der Waals surface area contributed by atoms with E-state index in [2.05, 4.69) is 9.98 Å². The van der Waals surface area contributed by atoms with Crippen LogP contribution in [0.1, 0.15) is 5.56 Å². The number of nitrogens with zero attached hydrogens (tertiary/aromatic N) is 2. The molecule has 0 spiro atoms. The number of phenols is 1. The number of aromatic hydroxyl groups is 1. The summed E-state index contributed by atoms with van der Waals surface area (Å²) in [7, 11) is 0. The van der Waals surface area contributed by atoms with Gasteiger partial charge in [-0.2, -0.15) is 0 Å². The van der Waals surface area contributed by atoms with Crippen LogP contribution in [0.4, 0.5) is 5.69 Å². The van der Waals surface area contributed by atoms with Gasteiger partial charge >= 0.3 is 0 Å². The van der Waals surface area contributed by atoms with Crippen LogP contribution in [0.25, 0.3) is 0 Å². The van der Waals surface area contributed by atoms with E-state index in [0.717, 1.165) is 11.3 Å². The topological polar surface area (TPSA) is 45.0 Å². The quantitative estimate of drug-likeness (QED) is 0.614. The van der Waals surface area contributed by atoms with Crippen LogP contribution in [0.15, 0.2) is 28.2 Å². The molecule has 0 unspecified atom stereocenters. The van der Waals surface area contributed by atoms with E-state index in [4.69, 9.17) is 5.11 Å². The van der Waals surface area contributed by atoms with E-state index in [1.165, 1.54) is 0 Å². The lowest BCUT2D eigenvalue weighted by atomic mass is 10.2. The number of phenolic OH excluding ortho intramolecular Hbond substituents is 1. The zero-order valence-corrected chi connectivity index (χ0v) is 6.44. The SMILES string of the molecule is Oc1ccc2c(c1)N=CCN=C2. The summed E-state index contributed by atoms with van der Waals surface area (Å²) in [6.07, 6.45) is 3.49. The molecule has 1 aromatic carbocycles. The zero-order valence-electron chi connectivity index (χ0n) is 6.44. The van der Waals surface area contributed by atoms with Gasteiger partial charge in [0.2, 0.25) is 0 Å². The van der Waals surface area contributed by atoms with Crippen molar-refractivity contribution >= 4 is 18.1 Å². The van der Waals surface area contributed by atoms with Crippen LogP contribution in [-0.2, 0) is 0 Å². The summed E-state index contributed by atoms with van der Waals surface area (Å²) >= 11 is 0. The van der Waals surface area contributed by atoms with Crippen molar-refractivity contribution < 1.29 is 5.11 Å². The highest BCUT2D eigenvalue weighted by molar-refractivity contribution is 5.90. The molecule has 0 amide bonds. The third-order valence-corrected chi connectivity index (χ3v) is 1.66. The van der Waals surface area contributed by atoms with Crippen LogP contribution < -0.4 is 0 Å². The average Bonchev–Trinajstić information content (AvgIpc) is 2.28. The Hall–Kier alpha value is -1.64. The van der Waals surface area contributed by atoms with Gasteiger partial charge in [-0.25, -0.2) is 0 Å². The first-order chi connectivity index (χ1) is 5.86. The number of hydrogen-bond donors (Lipinski definition) is 1. The van der Waals surface area contributed by atoms with Crippen LogP contribution in [0.5, 0.6) is 5.75 Å². The molecule has 0 fully saturated rings. The van der Waals surface area contributed by atoms with Gasteiger partial charge < -0.3 is 5.11 Å². The smallest absolute Gasteiger partial charge is 0.117 e. The molecule has 1 aliphatic heterocycles. The Morgan fingerprint density at radius 2 is 2.25 bits per heavy atom. The minimum atomic E-state index is 0.237. The van der Waals surface area contributed by atoms with E-state index >= 15 is 0 Å². The van der Waals surface area contributed by atoms with E-state index in [1.807, 2.05) is 0 Å². The minimum Gasteiger partial charge on any atom is -0.508 e. The van der Waals surface area contributed by atoms with Gasteiger partial charge in [-0.3, -0.25) is 9.98 Å². The molecule has 0 aromatic heterocycles. The molecule has 1 heterocycles. The maximum absolute atomic E-state index is 9.16. The van der Waals surface area contributed by atoms with Gasteiger partial charge in [-0.1, -0.05) is 0 Å². The summed E-state index contributed by atoms with van der Waals surface area (Å²) in [5, 5.41) is 9.16. The summed E-state index contributed by atoms with van der Waals surface area (Å²) in [5.74, 6) is 0.237. The van der Waals surface area contributed by atoms with E-state index in [1.54, 1.807) is 30.6 Å². The van der Waals surface area contributed by atoms with Crippen molar-refractivity contribution in [3.05, 3.63) is 23.8 Å². The highest BCUT2D eigenvalue weighted by Gasteiger charge is 2.00. The Bertz CT molecular complexity index is 356. The molecule has 60 valence electrons. The number of aliphatic imine (C=N–C) groups is 2. The van der Waals surface area contributed by atoms with Gasteiger partial charge in [0.05, 0.1) is 12.2 Å². The zero-order chi connectivity index (χ0) is 8.39. The monoisotopic (exact) mass is 160 g/mol. The van der Waals surface area contributed by atoms with Crippen LogP contribution in [0.2, 0.25) is 0 Å².